The van der Waals surface area contributed by atoms with Gasteiger partial charge in [-0.2, -0.15) is 13.2 Å². The summed E-state index contributed by atoms with van der Waals surface area (Å²) in [5, 5.41) is 0. The van der Waals surface area contributed by atoms with Gasteiger partial charge in [0.25, 0.3) is 0 Å². The first-order valence-corrected chi connectivity index (χ1v) is 6.77. The van der Waals surface area contributed by atoms with Crippen LogP contribution in [-0.4, -0.2) is 14.0 Å². The van der Waals surface area contributed by atoms with Crippen molar-refractivity contribution in [1.82, 2.24) is 14.0 Å². The van der Waals surface area contributed by atoms with Crippen molar-refractivity contribution < 1.29 is 13.2 Å². The zero-order chi connectivity index (χ0) is 15.9. The fourth-order valence-corrected chi connectivity index (χ4v) is 2.26. The molecule has 0 saturated carbocycles. The van der Waals surface area contributed by atoms with E-state index in [2.05, 4.69) is 4.98 Å². The van der Waals surface area contributed by atoms with Crippen molar-refractivity contribution in [2.24, 2.45) is 0 Å². The average molecular weight is 328 g/mol. The van der Waals surface area contributed by atoms with Crippen molar-refractivity contribution in [3.05, 3.63) is 64.5 Å². The normalized spacial score (nSPS) is 12.0. The molecule has 2 aromatic heterocycles. The molecule has 114 valence electrons. The Morgan fingerprint density at radius 1 is 1.23 bits per heavy atom. The lowest BCUT2D eigenvalue weighted by Gasteiger charge is -2.10. The molecule has 0 aliphatic heterocycles. The van der Waals surface area contributed by atoms with E-state index in [9.17, 15) is 18.0 Å². The summed E-state index contributed by atoms with van der Waals surface area (Å²) in [4.78, 5) is 16.5. The van der Waals surface area contributed by atoms with Crippen LogP contribution in [0.1, 0.15) is 11.3 Å². The summed E-state index contributed by atoms with van der Waals surface area (Å²) in [5.74, 6) is 0.144. The van der Waals surface area contributed by atoms with E-state index in [0.29, 0.717) is 11.3 Å². The predicted octanol–water partition coefficient (Wildman–Crippen LogP) is 3.24. The average Bonchev–Trinajstić information content (AvgIpc) is 2.91. The molecular weight excluding hydrogens is 319 g/mol. The molecule has 2 heterocycles. The molecule has 0 aliphatic carbocycles. The molecule has 0 saturated heterocycles. The van der Waals surface area contributed by atoms with Gasteiger partial charge in [0.1, 0.15) is 5.65 Å². The van der Waals surface area contributed by atoms with Gasteiger partial charge in [0.05, 0.1) is 22.8 Å². The maximum atomic E-state index is 12.8. The summed E-state index contributed by atoms with van der Waals surface area (Å²) in [5.41, 5.74) is -0.294. The van der Waals surface area contributed by atoms with E-state index in [4.69, 9.17) is 11.6 Å². The number of fused-ring (bicyclic) bond motifs is 1. The van der Waals surface area contributed by atoms with Gasteiger partial charge in [0, 0.05) is 12.4 Å². The second-order valence-electron chi connectivity index (χ2n) is 4.61. The zero-order valence-corrected chi connectivity index (χ0v) is 11.8. The molecule has 3 rings (SSSR count). The number of halogens is 4. The molecule has 1 aromatic carbocycles. The van der Waals surface area contributed by atoms with Crippen LogP contribution < -0.4 is 5.69 Å². The Labute approximate surface area is 127 Å². The van der Waals surface area contributed by atoms with E-state index in [1.165, 1.54) is 35.0 Å². The maximum Gasteiger partial charge on any atom is 0.416 e. The van der Waals surface area contributed by atoms with Crippen LogP contribution in [0.25, 0.3) is 11.3 Å². The monoisotopic (exact) mass is 327 g/mol. The summed E-state index contributed by atoms with van der Waals surface area (Å²) in [6.45, 7) is 0. The smallest absolute Gasteiger partial charge is 0.269 e. The van der Waals surface area contributed by atoms with Gasteiger partial charge in [-0.25, -0.2) is 9.78 Å². The minimum absolute atomic E-state index is 0.128. The van der Waals surface area contributed by atoms with Gasteiger partial charge in [0.15, 0.2) is 0 Å². The molecule has 22 heavy (non-hydrogen) atoms. The van der Waals surface area contributed by atoms with Gasteiger partial charge in [-0.3, -0.25) is 8.97 Å². The maximum absolute atomic E-state index is 12.8. The Kier molecular flexibility index (Phi) is 3.44. The molecule has 0 aliphatic rings. The van der Waals surface area contributed by atoms with Crippen LogP contribution in [0, 0.1) is 0 Å². The second-order valence-corrected chi connectivity index (χ2v) is 4.88. The van der Waals surface area contributed by atoms with Gasteiger partial charge < -0.3 is 0 Å². The first kappa shape index (κ1) is 14.6. The van der Waals surface area contributed by atoms with E-state index < -0.39 is 17.4 Å². The molecule has 4 nitrogen and oxygen atoms in total. The summed E-state index contributed by atoms with van der Waals surface area (Å²) < 4.78 is 40.7. The van der Waals surface area contributed by atoms with E-state index in [1.54, 1.807) is 0 Å². The van der Waals surface area contributed by atoms with Crippen LogP contribution in [0.5, 0.6) is 0 Å². The van der Waals surface area contributed by atoms with E-state index in [0.717, 1.165) is 16.7 Å². The first-order valence-electron chi connectivity index (χ1n) is 6.23. The minimum atomic E-state index is -4.47. The largest absolute Gasteiger partial charge is 0.416 e. The van der Waals surface area contributed by atoms with E-state index in [1.807, 2.05) is 0 Å². The Balaban J connectivity index is 2.18. The molecule has 0 atom stereocenters. The number of hydrogen-bond donors (Lipinski definition) is 0. The van der Waals surface area contributed by atoms with Crippen molar-refractivity contribution in [2.45, 2.75) is 12.1 Å². The number of aromatic nitrogens is 3. The Hall–Kier alpha value is -2.28. The fourth-order valence-electron chi connectivity index (χ4n) is 2.13. The van der Waals surface area contributed by atoms with Crippen LogP contribution in [0.4, 0.5) is 13.2 Å². The van der Waals surface area contributed by atoms with Gasteiger partial charge in [-0.05, 0) is 24.3 Å². The van der Waals surface area contributed by atoms with Gasteiger partial charge in [-0.1, -0.05) is 6.07 Å². The highest BCUT2D eigenvalue weighted by molar-refractivity contribution is 6.16. The lowest BCUT2D eigenvalue weighted by Crippen LogP contribution is -2.24. The summed E-state index contributed by atoms with van der Waals surface area (Å²) in [6.07, 6.45) is -1.61. The number of benzene rings is 1. The highest BCUT2D eigenvalue weighted by atomic mass is 35.5. The van der Waals surface area contributed by atoms with Crippen molar-refractivity contribution in [3.8, 4) is 5.69 Å². The Morgan fingerprint density at radius 3 is 2.68 bits per heavy atom. The molecule has 0 radical (unpaired) electrons. The third kappa shape index (κ3) is 2.48. The standard InChI is InChI=1S/C14H9ClF3N3O/c15-7-10-8-21-12(19-10)4-5-20(13(21)22)11-3-1-2-9(6-11)14(16,17)18/h1-6,8H,7H2. The molecule has 0 spiro atoms. The van der Waals surface area contributed by atoms with Crippen LogP contribution in [0.3, 0.4) is 0 Å². The fraction of sp³-hybridized carbons (Fsp3) is 0.143. The number of rotatable bonds is 2. The third-order valence-corrected chi connectivity index (χ3v) is 3.43. The third-order valence-electron chi connectivity index (χ3n) is 3.16. The van der Waals surface area contributed by atoms with Crippen molar-refractivity contribution >= 4 is 17.2 Å². The van der Waals surface area contributed by atoms with Gasteiger partial charge >= 0.3 is 11.9 Å². The molecule has 0 unspecified atom stereocenters. The van der Waals surface area contributed by atoms with Gasteiger partial charge in [-0.15, -0.1) is 11.6 Å². The van der Waals surface area contributed by atoms with Crippen molar-refractivity contribution in [2.75, 3.05) is 0 Å². The molecule has 0 bridgehead atoms. The van der Waals surface area contributed by atoms with Crippen LogP contribution in [-0.2, 0) is 12.1 Å². The molecule has 0 N–H and O–H groups in total. The first-order chi connectivity index (χ1) is 10.4. The molecule has 0 amide bonds. The minimum Gasteiger partial charge on any atom is -0.269 e. The lowest BCUT2D eigenvalue weighted by atomic mass is 10.2. The Bertz CT molecular complexity index is 898. The van der Waals surface area contributed by atoms with E-state index in [-0.39, 0.29) is 11.6 Å². The molecule has 0 fully saturated rings. The molecular formula is C14H9ClF3N3O. The topological polar surface area (TPSA) is 39.3 Å². The lowest BCUT2D eigenvalue weighted by molar-refractivity contribution is -0.137. The number of hydrogen-bond acceptors (Lipinski definition) is 2. The number of imidazole rings is 1. The van der Waals surface area contributed by atoms with Crippen LogP contribution in [0.15, 0.2) is 47.5 Å². The van der Waals surface area contributed by atoms with E-state index >= 15 is 0 Å². The molecule has 8 heteroatoms. The number of nitrogens with zero attached hydrogens (tertiary/aromatic N) is 3. The van der Waals surface area contributed by atoms with Crippen LogP contribution in [0.2, 0.25) is 0 Å². The molecule has 3 aromatic rings. The quantitative estimate of drug-likeness (QED) is 0.678. The summed E-state index contributed by atoms with van der Waals surface area (Å²) in [7, 11) is 0. The second kappa shape index (κ2) is 5.17. The Morgan fingerprint density at radius 2 is 2.00 bits per heavy atom. The van der Waals surface area contributed by atoms with Crippen molar-refractivity contribution in [1.29, 1.82) is 0 Å². The SMILES string of the molecule is O=c1n(-c2cccc(C(F)(F)F)c2)ccc2nc(CCl)cn12. The van der Waals surface area contributed by atoms with Crippen LogP contribution >= 0.6 is 11.6 Å². The zero-order valence-electron chi connectivity index (χ0n) is 11.0. The van der Waals surface area contributed by atoms with Crippen molar-refractivity contribution in [3.63, 3.8) is 0 Å². The van der Waals surface area contributed by atoms with Gasteiger partial charge in [0.2, 0.25) is 0 Å². The summed E-state index contributed by atoms with van der Waals surface area (Å²) in [6, 6.07) is 6.11. The number of alkyl halides is 4. The predicted molar refractivity (Wildman–Crippen MR) is 75.3 cm³/mol. The highest BCUT2D eigenvalue weighted by Crippen LogP contribution is 2.30. The highest BCUT2D eigenvalue weighted by Gasteiger charge is 2.30. The summed E-state index contributed by atoms with van der Waals surface area (Å²) >= 11 is 5.67.